The van der Waals surface area contributed by atoms with Crippen molar-refractivity contribution >= 4 is 11.8 Å². The molecule has 2 aliphatic rings. The number of hydrogen-bond acceptors (Lipinski definition) is 13. The van der Waals surface area contributed by atoms with E-state index in [-0.39, 0.29) is 37.1 Å². The zero-order chi connectivity index (χ0) is 33.9. The molecule has 270 valence electrons. The van der Waals surface area contributed by atoms with Crippen LogP contribution in [0.25, 0.3) is 9.69 Å². The van der Waals surface area contributed by atoms with Crippen LogP contribution >= 0.6 is 0 Å². The van der Waals surface area contributed by atoms with E-state index in [4.69, 9.17) is 65.2 Å². The van der Waals surface area contributed by atoms with Gasteiger partial charge in [-0.05, 0) is 0 Å². The minimum Gasteiger partial charge on any atom is -0.377 e. The van der Waals surface area contributed by atoms with E-state index >= 15 is 0 Å². The first-order valence-electron chi connectivity index (χ1n) is 15.8. The van der Waals surface area contributed by atoms with Crippen molar-refractivity contribution in [3.05, 3.63) is 9.69 Å². The molecule has 2 rings (SSSR count). The molecule has 2 fully saturated rings. The average molecular weight is 679 g/mol. The molecule has 0 aromatic heterocycles. The molecule has 2 aliphatic heterocycles. The summed E-state index contributed by atoms with van der Waals surface area (Å²) >= 11 is 0. The van der Waals surface area contributed by atoms with Crippen LogP contribution in [0.1, 0.15) is 0 Å². The molecule has 2 N–H and O–H groups in total. The summed E-state index contributed by atoms with van der Waals surface area (Å²) < 4.78 is 59.9. The second kappa shape index (κ2) is 33.4. The molecule has 0 aromatic carbocycles. The van der Waals surface area contributed by atoms with Crippen molar-refractivity contribution < 1.29 is 61.7 Å². The summed E-state index contributed by atoms with van der Waals surface area (Å²) in [5.74, 6) is -0.513. The van der Waals surface area contributed by atoms with E-state index in [0.717, 1.165) is 0 Å². The molecule has 2 saturated heterocycles. The summed E-state index contributed by atoms with van der Waals surface area (Å²) in [6.07, 6.45) is -0.546. The molecule has 2 amide bonds. The van der Waals surface area contributed by atoms with E-state index in [9.17, 15) is 9.59 Å². The molecule has 0 spiro atoms. The average Bonchev–Trinajstić information content (AvgIpc) is 3.07. The van der Waals surface area contributed by atoms with Gasteiger partial charge in [-0.15, -0.1) is 0 Å². The Morgan fingerprint density at radius 1 is 0.447 bits per heavy atom. The number of carbonyl (C=O) groups is 2. The van der Waals surface area contributed by atoms with Crippen LogP contribution in [0.2, 0.25) is 0 Å². The molecule has 2 unspecified atom stereocenters. The summed E-state index contributed by atoms with van der Waals surface area (Å²) in [5.41, 5.74) is 0. The Bertz CT molecular complexity index is 810. The maximum atomic E-state index is 11.4. The van der Waals surface area contributed by atoms with Crippen molar-refractivity contribution in [2.24, 2.45) is 0 Å². The van der Waals surface area contributed by atoms with Crippen molar-refractivity contribution in [2.75, 3.05) is 158 Å². The van der Waals surface area contributed by atoms with Crippen LogP contribution in [0.3, 0.4) is 0 Å². The first-order valence-corrected chi connectivity index (χ1v) is 15.8. The molecule has 2 atom stereocenters. The molecule has 17 nitrogen and oxygen atoms in total. The fourth-order valence-corrected chi connectivity index (χ4v) is 3.58. The minimum absolute atomic E-state index is 0.0650. The van der Waals surface area contributed by atoms with E-state index in [1.165, 1.54) is 0 Å². The van der Waals surface area contributed by atoms with Gasteiger partial charge in [-0.25, -0.2) is 0 Å². The molecule has 47 heavy (non-hydrogen) atoms. The molecular weight excluding hydrogens is 624 g/mol. The monoisotopic (exact) mass is 678 g/mol. The third-order valence-corrected chi connectivity index (χ3v) is 5.90. The first-order chi connectivity index (χ1) is 23.2. The molecule has 17 heteroatoms. The summed E-state index contributed by atoms with van der Waals surface area (Å²) in [6, 6.07) is 0. The van der Waals surface area contributed by atoms with Crippen LogP contribution in [0.5, 0.6) is 0 Å². The van der Waals surface area contributed by atoms with Crippen LogP contribution in [0, 0.1) is 13.1 Å². The predicted octanol–water partition coefficient (Wildman–Crippen LogP) is -0.922. The fourth-order valence-electron chi connectivity index (χ4n) is 3.58. The van der Waals surface area contributed by atoms with Crippen LogP contribution in [-0.2, 0) is 61.7 Å². The van der Waals surface area contributed by atoms with Gasteiger partial charge in [0.1, 0.15) is 0 Å². The standard InChI is InChI=1S/C16H28N2O7.C14H24N2O6/c1-17-13-16(19)18-12-15-14-24-9-8-22-5-4-20-2-3-21-6-7-23-10-11-25-15;1-15-11-14(17)16-10-13-12-21-7-6-19-3-2-18-4-5-20-8-9-22-13/h1,15H,2-14H2;1,13H,2-12H2/p+2. The van der Waals surface area contributed by atoms with E-state index in [0.29, 0.717) is 145 Å². The van der Waals surface area contributed by atoms with Gasteiger partial charge in [-0.1, -0.05) is 9.69 Å². The quantitative estimate of drug-likeness (QED) is 0.354. The van der Waals surface area contributed by atoms with Crippen molar-refractivity contribution in [1.82, 2.24) is 10.6 Å². The lowest BCUT2D eigenvalue weighted by Gasteiger charge is -2.18. The molecule has 0 aliphatic carbocycles. The lowest BCUT2D eigenvalue weighted by atomic mass is 10.3. The van der Waals surface area contributed by atoms with Gasteiger partial charge in [0.15, 0.2) is 0 Å². The number of amides is 2. The number of hydrogen-bond donors (Lipinski definition) is 2. The Morgan fingerprint density at radius 2 is 0.702 bits per heavy atom. The Kier molecular flexibility index (Phi) is 30.2. The number of nitrogens with one attached hydrogen (secondary N) is 2. The van der Waals surface area contributed by atoms with Gasteiger partial charge in [0.2, 0.25) is 0 Å². The van der Waals surface area contributed by atoms with Gasteiger partial charge in [-0.3, -0.25) is 9.59 Å². The van der Waals surface area contributed by atoms with Crippen molar-refractivity contribution in [3.8, 4) is 13.1 Å². The zero-order valence-electron chi connectivity index (χ0n) is 27.5. The fraction of sp³-hybridized carbons (Fsp3) is 0.867. The molecule has 2 heterocycles. The summed E-state index contributed by atoms with van der Waals surface area (Å²) in [6.45, 7) is 19.9. The topological polar surface area (TPSA) is 168 Å². The summed E-state index contributed by atoms with van der Waals surface area (Å²) in [5, 5.41) is 5.38. The maximum Gasteiger partial charge on any atom is 0.339 e. The largest absolute Gasteiger partial charge is 0.377 e. The number of rotatable bonds is 6. The number of carbonyl (C=O) groups excluding carboxylic acids is 2. The van der Waals surface area contributed by atoms with Crippen LogP contribution in [-0.4, -0.2) is 182 Å². The highest BCUT2D eigenvalue weighted by molar-refractivity contribution is 5.79. The van der Waals surface area contributed by atoms with Gasteiger partial charge < -0.3 is 62.7 Å². The Hall–Kier alpha value is -2.52. The second-order valence-electron chi connectivity index (χ2n) is 9.71. The first kappa shape index (κ1) is 42.5. The van der Waals surface area contributed by atoms with Crippen LogP contribution < -0.4 is 10.6 Å². The highest BCUT2D eigenvalue weighted by Gasteiger charge is 2.15. The van der Waals surface area contributed by atoms with Crippen molar-refractivity contribution in [3.63, 3.8) is 0 Å². The third-order valence-electron chi connectivity index (χ3n) is 5.90. The summed E-state index contributed by atoms with van der Waals surface area (Å²) in [7, 11) is 0. The van der Waals surface area contributed by atoms with Gasteiger partial charge >= 0.3 is 24.9 Å². The summed E-state index contributed by atoms with van der Waals surface area (Å²) in [4.78, 5) is 29.3. The highest BCUT2D eigenvalue weighted by atomic mass is 16.6. The maximum absolute atomic E-state index is 11.4. The Morgan fingerprint density at radius 3 is 0.979 bits per heavy atom. The normalized spacial score (nSPS) is 22.9. The van der Waals surface area contributed by atoms with Gasteiger partial charge in [0.25, 0.3) is 13.1 Å². The van der Waals surface area contributed by atoms with Crippen molar-refractivity contribution in [2.45, 2.75) is 12.2 Å². The van der Waals surface area contributed by atoms with Crippen LogP contribution in [0.15, 0.2) is 0 Å². The van der Waals surface area contributed by atoms with E-state index in [1.54, 1.807) is 0 Å². The Labute approximate surface area is 277 Å². The van der Waals surface area contributed by atoms with Gasteiger partial charge in [0, 0.05) is 13.1 Å². The predicted molar refractivity (Wildman–Crippen MR) is 169 cm³/mol. The number of ether oxygens (including phenoxy) is 11. The molecular formula is C30H54N4O13+2. The second-order valence-corrected chi connectivity index (χ2v) is 9.71. The SMILES string of the molecule is C#[N+]CC(=O)NCC1COCCOCCOCCOCCO1.C#[N+]CC(=O)NCC1COCCOCCOCCOCCOCCO1. The molecule has 0 bridgehead atoms. The molecule has 0 aromatic rings. The van der Waals surface area contributed by atoms with E-state index in [1.807, 2.05) is 0 Å². The smallest absolute Gasteiger partial charge is 0.339 e. The minimum atomic E-state index is -0.288. The lowest BCUT2D eigenvalue weighted by Crippen LogP contribution is -2.38. The third kappa shape index (κ3) is 29.4. The Balaban J connectivity index is 0.000000474. The van der Waals surface area contributed by atoms with E-state index < -0.39 is 0 Å². The van der Waals surface area contributed by atoms with Crippen molar-refractivity contribution in [1.29, 1.82) is 0 Å². The lowest BCUT2D eigenvalue weighted by molar-refractivity contribution is -0.121. The molecule has 0 radical (unpaired) electrons. The molecule has 0 saturated carbocycles. The highest BCUT2D eigenvalue weighted by Crippen LogP contribution is 1.97. The van der Waals surface area contributed by atoms with Gasteiger partial charge in [-0.2, -0.15) is 0 Å². The van der Waals surface area contributed by atoms with E-state index in [2.05, 4.69) is 20.3 Å². The number of nitrogens with zero attached hydrogens (tertiary/aromatic N) is 2. The van der Waals surface area contributed by atoms with Crippen LogP contribution in [0.4, 0.5) is 0 Å². The van der Waals surface area contributed by atoms with Gasteiger partial charge in [0.05, 0.1) is 144 Å². The zero-order valence-corrected chi connectivity index (χ0v) is 27.5.